The summed E-state index contributed by atoms with van der Waals surface area (Å²) in [6.45, 7) is 4.05. The minimum atomic E-state index is -0.844. The predicted molar refractivity (Wildman–Crippen MR) is 120 cm³/mol. The number of piperidine rings is 1. The summed E-state index contributed by atoms with van der Waals surface area (Å²) in [7, 11) is 0. The Labute approximate surface area is 192 Å². The Kier molecular flexibility index (Phi) is 5.34. The summed E-state index contributed by atoms with van der Waals surface area (Å²) < 4.78 is 0. The van der Waals surface area contributed by atoms with Crippen LogP contribution in [-0.2, 0) is 14.4 Å². The molecule has 1 aromatic rings. The summed E-state index contributed by atoms with van der Waals surface area (Å²) >= 11 is 0. The molecular formula is C25H29N3O5. The zero-order chi connectivity index (χ0) is 23.4. The molecule has 2 saturated heterocycles. The van der Waals surface area contributed by atoms with E-state index in [-0.39, 0.29) is 65.6 Å². The fourth-order valence-corrected chi connectivity index (χ4v) is 6.62. The van der Waals surface area contributed by atoms with Crippen LogP contribution in [0.1, 0.15) is 57.6 Å². The van der Waals surface area contributed by atoms with E-state index in [1.54, 1.807) is 12.1 Å². The molecule has 5 rings (SSSR count). The van der Waals surface area contributed by atoms with Crippen LogP contribution in [-0.4, -0.2) is 44.5 Å². The minimum Gasteiger partial charge on any atom is -0.337 e. The highest BCUT2D eigenvalue weighted by molar-refractivity contribution is 6.07. The SMILES string of the molecule is CC1CCCC(C)N1C(=O)CC(c1cccc([N+](=O)[O-])c1)N1C(=O)C2C3C=CC(C3)C2C1=O. The van der Waals surface area contributed by atoms with Crippen LogP contribution in [0.5, 0.6) is 0 Å². The lowest BCUT2D eigenvalue weighted by Crippen LogP contribution is -2.49. The highest BCUT2D eigenvalue weighted by Gasteiger charge is 2.60. The van der Waals surface area contributed by atoms with Crippen molar-refractivity contribution in [1.29, 1.82) is 0 Å². The van der Waals surface area contributed by atoms with Gasteiger partial charge in [0.05, 0.1) is 29.2 Å². The van der Waals surface area contributed by atoms with Gasteiger partial charge in [-0.05, 0) is 56.9 Å². The molecule has 8 nitrogen and oxygen atoms in total. The molecule has 7 atom stereocenters. The molecule has 2 bridgehead atoms. The molecule has 1 saturated carbocycles. The number of carbonyl (C=O) groups is 3. The van der Waals surface area contributed by atoms with Crippen LogP contribution < -0.4 is 0 Å². The fraction of sp³-hybridized carbons (Fsp3) is 0.560. The van der Waals surface area contributed by atoms with Crippen molar-refractivity contribution in [2.24, 2.45) is 23.7 Å². The summed E-state index contributed by atoms with van der Waals surface area (Å²) in [6.07, 6.45) is 7.72. The van der Waals surface area contributed by atoms with Gasteiger partial charge in [-0.15, -0.1) is 0 Å². The van der Waals surface area contributed by atoms with Gasteiger partial charge in [0.25, 0.3) is 5.69 Å². The van der Waals surface area contributed by atoms with Gasteiger partial charge in [-0.2, -0.15) is 0 Å². The lowest BCUT2D eigenvalue weighted by atomic mass is 9.85. The second-order valence-corrected chi connectivity index (χ2v) is 10.0. The topological polar surface area (TPSA) is 101 Å². The van der Waals surface area contributed by atoms with Crippen molar-refractivity contribution in [1.82, 2.24) is 9.80 Å². The van der Waals surface area contributed by atoms with Gasteiger partial charge in [-0.25, -0.2) is 0 Å². The van der Waals surface area contributed by atoms with Gasteiger partial charge < -0.3 is 4.90 Å². The molecule has 2 aliphatic carbocycles. The van der Waals surface area contributed by atoms with Crippen molar-refractivity contribution in [3.05, 3.63) is 52.1 Å². The maximum atomic E-state index is 13.5. The Morgan fingerprint density at radius 3 is 2.27 bits per heavy atom. The van der Waals surface area contributed by atoms with E-state index in [9.17, 15) is 24.5 Å². The smallest absolute Gasteiger partial charge is 0.269 e. The quantitative estimate of drug-likeness (QED) is 0.295. The molecule has 4 aliphatic rings. The Balaban J connectivity index is 1.50. The third-order valence-electron chi connectivity index (χ3n) is 8.13. The molecule has 8 heteroatoms. The number of carbonyl (C=O) groups excluding carboxylic acids is 3. The highest BCUT2D eigenvalue weighted by Crippen LogP contribution is 2.54. The Bertz CT molecular complexity index is 1010. The van der Waals surface area contributed by atoms with E-state index in [0.29, 0.717) is 5.56 Å². The average Bonchev–Trinajstić information content (AvgIpc) is 3.46. The van der Waals surface area contributed by atoms with Gasteiger partial charge in [0.2, 0.25) is 17.7 Å². The Morgan fingerprint density at radius 2 is 1.70 bits per heavy atom. The van der Waals surface area contributed by atoms with Gasteiger partial charge in [-0.1, -0.05) is 24.3 Å². The number of fused-ring (bicyclic) bond motifs is 5. The summed E-state index contributed by atoms with van der Waals surface area (Å²) in [4.78, 5) is 54.6. The molecular weight excluding hydrogens is 422 g/mol. The molecule has 1 aromatic carbocycles. The summed E-state index contributed by atoms with van der Waals surface area (Å²) in [5, 5.41) is 11.4. The number of nitro groups is 1. The summed E-state index contributed by atoms with van der Waals surface area (Å²) in [6, 6.07) is 5.31. The van der Waals surface area contributed by atoms with Gasteiger partial charge in [0, 0.05) is 24.2 Å². The van der Waals surface area contributed by atoms with E-state index in [4.69, 9.17) is 0 Å². The largest absolute Gasteiger partial charge is 0.337 e. The lowest BCUT2D eigenvalue weighted by molar-refractivity contribution is -0.385. The second-order valence-electron chi connectivity index (χ2n) is 10.0. The van der Waals surface area contributed by atoms with Crippen molar-refractivity contribution in [3.8, 4) is 0 Å². The number of nitrogens with zero attached hydrogens (tertiary/aromatic N) is 3. The number of allylic oxidation sites excluding steroid dienone is 2. The number of non-ortho nitro benzene ring substituents is 1. The molecule has 33 heavy (non-hydrogen) atoms. The number of amides is 3. The van der Waals surface area contributed by atoms with Crippen LogP contribution in [0.25, 0.3) is 0 Å². The maximum Gasteiger partial charge on any atom is 0.269 e. The van der Waals surface area contributed by atoms with E-state index in [1.807, 2.05) is 30.9 Å². The van der Waals surface area contributed by atoms with Crippen LogP contribution >= 0.6 is 0 Å². The first kappa shape index (κ1) is 21.8. The van der Waals surface area contributed by atoms with Crippen molar-refractivity contribution >= 4 is 23.4 Å². The lowest BCUT2D eigenvalue weighted by Gasteiger charge is -2.40. The first-order valence-electron chi connectivity index (χ1n) is 11.9. The van der Waals surface area contributed by atoms with E-state index < -0.39 is 11.0 Å². The zero-order valence-electron chi connectivity index (χ0n) is 18.9. The van der Waals surface area contributed by atoms with Crippen LogP contribution in [0, 0.1) is 33.8 Å². The molecule has 3 amide bonds. The molecule has 174 valence electrons. The molecule has 7 unspecified atom stereocenters. The third kappa shape index (κ3) is 3.47. The number of rotatable bonds is 5. The van der Waals surface area contributed by atoms with E-state index in [2.05, 4.69) is 0 Å². The van der Waals surface area contributed by atoms with Gasteiger partial charge in [-0.3, -0.25) is 29.4 Å². The molecule has 0 radical (unpaired) electrons. The van der Waals surface area contributed by atoms with E-state index in [0.717, 1.165) is 25.7 Å². The van der Waals surface area contributed by atoms with E-state index in [1.165, 1.54) is 17.0 Å². The van der Waals surface area contributed by atoms with Crippen LogP contribution in [0.15, 0.2) is 36.4 Å². The van der Waals surface area contributed by atoms with Gasteiger partial charge in [0.15, 0.2) is 0 Å². The number of hydrogen-bond acceptors (Lipinski definition) is 5. The maximum absolute atomic E-state index is 13.5. The number of likely N-dealkylation sites (tertiary alicyclic amines) is 2. The van der Waals surface area contributed by atoms with Crippen LogP contribution in [0.3, 0.4) is 0 Å². The van der Waals surface area contributed by atoms with Crippen molar-refractivity contribution in [3.63, 3.8) is 0 Å². The van der Waals surface area contributed by atoms with E-state index >= 15 is 0 Å². The monoisotopic (exact) mass is 451 g/mol. The molecule has 2 aliphatic heterocycles. The van der Waals surface area contributed by atoms with Crippen LogP contribution in [0.2, 0.25) is 0 Å². The predicted octanol–water partition coefficient (Wildman–Crippen LogP) is 3.62. The van der Waals surface area contributed by atoms with Crippen molar-refractivity contribution in [2.45, 2.75) is 64.1 Å². The number of imide groups is 1. The number of benzene rings is 1. The van der Waals surface area contributed by atoms with Gasteiger partial charge >= 0.3 is 0 Å². The molecule has 3 fully saturated rings. The minimum absolute atomic E-state index is 0.0600. The molecule has 0 aromatic heterocycles. The fourth-order valence-electron chi connectivity index (χ4n) is 6.62. The first-order valence-corrected chi connectivity index (χ1v) is 11.9. The number of hydrogen-bond donors (Lipinski definition) is 0. The summed E-state index contributed by atoms with van der Waals surface area (Å²) in [5.41, 5.74) is 0.336. The zero-order valence-corrected chi connectivity index (χ0v) is 18.9. The van der Waals surface area contributed by atoms with Crippen LogP contribution in [0.4, 0.5) is 5.69 Å². The Morgan fingerprint density at radius 1 is 1.09 bits per heavy atom. The Hall–Kier alpha value is -3.03. The average molecular weight is 452 g/mol. The van der Waals surface area contributed by atoms with Crippen molar-refractivity contribution in [2.75, 3.05) is 0 Å². The van der Waals surface area contributed by atoms with Crippen molar-refractivity contribution < 1.29 is 19.3 Å². The number of nitro benzene ring substituents is 1. The molecule has 0 N–H and O–H groups in total. The molecule has 0 spiro atoms. The second kappa shape index (κ2) is 8.08. The third-order valence-corrected chi connectivity index (χ3v) is 8.13. The highest BCUT2D eigenvalue weighted by atomic mass is 16.6. The summed E-state index contributed by atoms with van der Waals surface area (Å²) in [5.74, 6) is -1.25. The normalized spacial score (nSPS) is 33.5. The van der Waals surface area contributed by atoms with Gasteiger partial charge in [0.1, 0.15) is 0 Å². The first-order chi connectivity index (χ1) is 15.8. The molecule has 2 heterocycles. The standard InChI is InChI=1S/C25H29N3O5/c1-14-5-3-6-15(2)26(14)21(29)13-20(16-7-4-8-19(12-16)28(32)33)27-24(30)22-17-9-10-18(11-17)23(22)25(27)31/h4,7-10,12,14-15,17-18,20,22-23H,3,5-6,11,13H2,1-2H3.